The lowest BCUT2D eigenvalue weighted by Crippen LogP contribution is -2.48. The molecule has 0 radical (unpaired) electrons. The van der Waals surface area contributed by atoms with E-state index in [0.717, 1.165) is 11.3 Å². The van der Waals surface area contributed by atoms with Crippen molar-refractivity contribution in [1.82, 2.24) is 9.47 Å². The summed E-state index contributed by atoms with van der Waals surface area (Å²) in [6, 6.07) is 14.0. The lowest BCUT2D eigenvalue weighted by molar-refractivity contribution is -0.122. The Kier molecular flexibility index (Phi) is 7.38. The molecule has 4 heterocycles. The van der Waals surface area contributed by atoms with Gasteiger partial charge >= 0.3 is 0 Å². The van der Waals surface area contributed by atoms with E-state index in [1.165, 1.54) is 33.4 Å². The Balaban J connectivity index is 1.31. The summed E-state index contributed by atoms with van der Waals surface area (Å²) in [6.45, 7) is 4.63. The molecule has 0 N–H and O–H groups in total. The molecule has 0 bridgehead atoms. The van der Waals surface area contributed by atoms with Crippen LogP contribution in [0.1, 0.15) is 22.3 Å². The molecule has 12 heteroatoms. The second kappa shape index (κ2) is 11.2. The number of nitriles is 1. The van der Waals surface area contributed by atoms with Gasteiger partial charge in [0.2, 0.25) is 6.79 Å². The largest absolute Gasteiger partial charge is 0.454 e. The fraction of sp³-hybridized carbons (Fsp3) is 0.267. The molecule has 214 valence electrons. The third kappa shape index (κ3) is 4.99. The minimum absolute atomic E-state index is 0.0355. The first-order valence-electron chi connectivity index (χ1n) is 13.3. The minimum atomic E-state index is -0.390. The van der Waals surface area contributed by atoms with Gasteiger partial charge in [-0.25, -0.2) is 4.39 Å². The zero-order valence-electron chi connectivity index (χ0n) is 22.9. The van der Waals surface area contributed by atoms with Crippen molar-refractivity contribution in [2.75, 3.05) is 42.8 Å². The van der Waals surface area contributed by atoms with E-state index in [1.807, 2.05) is 24.3 Å². The topological polar surface area (TPSA) is 91.0 Å². The van der Waals surface area contributed by atoms with Crippen LogP contribution in [0.4, 0.5) is 15.9 Å². The van der Waals surface area contributed by atoms with Crippen molar-refractivity contribution >= 4 is 51.8 Å². The van der Waals surface area contributed by atoms with E-state index < -0.39 is 5.56 Å². The number of hydrogen-bond donors (Lipinski definition) is 0. The highest BCUT2D eigenvalue weighted by molar-refractivity contribution is 8.26. The molecule has 0 saturated carbocycles. The molecular formula is C30H26FN5O4S2. The molecule has 0 unspecified atom stereocenters. The van der Waals surface area contributed by atoms with Gasteiger partial charge in [0.1, 0.15) is 27.6 Å². The van der Waals surface area contributed by atoms with Crippen molar-refractivity contribution in [2.45, 2.75) is 13.5 Å². The van der Waals surface area contributed by atoms with Gasteiger partial charge in [-0.05, 0) is 60.5 Å². The van der Waals surface area contributed by atoms with Gasteiger partial charge in [0.05, 0.1) is 11.4 Å². The predicted molar refractivity (Wildman–Crippen MR) is 163 cm³/mol. The standard InChI is InChI=1S/C30H26FN5O4S2/c1-18-22(14-26-29(38)36(30(41)42-26)16-19-3-8-24-25(13-19)40-17-39-24)27(33(2)28(37)23(18)15-32)35-11-9-34(10-12-35)21-6-4-20(31)5-7-21/h3-8,13-14H,9-12,16-17H2,1-2H3. The number of anilines is 2. The van der Waals surface area contributed by atoms with E-state index >= 15 is 0 Å². The van der Waals surface area contributed by atoms with Crippen LogP contribution in [0.2, 0.25) is 0 Å². The van der Waals surface area contributed by atoms with Crippen molar-refractivity contribution < 1.29 is 18.7 Å². The molecule has 1 aromatic heterocycles. The zero-order chi connectivity index (χ0) is 29.5. The van der Waals surface area contributed by atoms with Crippen LogP contribution in [0.25, 0.3) is 6.08 Å². The van der Waals surface area contributed by atoms with Crippen molar-refractivity contribution in [1.29, 1.82) is 5.26 Å². The van der Waals surface area contributed by atoms with E-state index in [9.17, 15) is 19.2 Å². The lowest BCUT2D eigenvalue weighted by Gasteiger charge is -2.38. The van der Waals surface area contributed by atoms with Crippen LogP contribution in [0.5, 0.6) is 11.5 Å². The number of fused-ring (bicyclic) bond motifs is 1. The summed E-state index contributed by atoms with van der Waals surface area (Å²) in [5.41, 5.74) is 2.56. The lowest BCUT2D eigenvalue weighted by atomic mass is 10.0. The van der Waals surface area contributed by atoms with E-state index in [-0.39, 0.29) is 30.6 Å². The Labute approximate surface area is 251 Å². The van der Waals surface area contributed by atoms with E-state index in [2.05, 4.69) is 9.80 Å². The fourth-order valence-electron chi connectivity index (χ4n) is 5.41. The van der Waals surface area contributed by atoms with Crippen LogP contribution < -0.4 is 24.8 Å². The van der Waals surface area contributed by atoms with Gasteiger partial charge < -0.3 is 19.3 Å². The number of thioether (sulfide) groups is 1. The minimum Gasteiger partial charge on any atom is -0.454 e. The zero-order valence-corrected chi connectivity index (χ0v) is 24.6. The number of hydrogen-bond acceptors (Lipinski definition) is 9. The maximum absolute atomic E-state index is 13.6. The molecule has 2 fully saturated rings. The van der Waals surface area contributed by atoms with E-state index in [1.54, 1.807) is 32.2 Å². The second-order valence-corrected chi connectivity index (χ2v) is 11.8. The molecule has 0 atom stereocenters. The summed E-state index contributed by atoms with van der Waals surface area (Å²) in [6.07, 6.45) is 1.75. The SMILES string of the molecule is Cc1c(C=C2SC(=S)N(Cc3ccc4c(c3)OCO4)C2=O)c(N2CCN(c3ccc(F)cc3)CC2)n(C)c(=O)c1C#N. The van der Waals surface area contributed by atoms with Crippen molar-refractivity contribution in [2.24, 2.45) is 7.05 Å². The Bertz CT molecular complexity index is 1740. The van der Waals surface area contributed by atoms with Gasteiger partial charge in [-0.15, -0.1) is 0 Å². The summed E-state index contributed by atoms with van der Waals surface area (Å²) in [5.74, 6) is 1.39. The number of amides is 1. The average Bonchev–Trinajstić information content (AvgIpc) is 3.56. The van der Waals surface area contributed by atoms with Crippen molar-refractivity contribution in [3.05, 3.63) is 85.8 Å². The van der Waals surface area contributed by atoms with Gasteiger partial charge in [0.15, 0.2) is 11.5 Å². The number of benzene rings is 2. The summed E-state index contributed by atoms with van der Waals surface area (Å²) in [5, 5.41) is 9.81. The van der Waals surface area contributed by atoms with Crippen molar-refractivity contribution in [3.8, 4) is 17.6 Å². The van der Waals surface area contributed by atoms with Crippen LogP contribution in [0, 0.1) is 24.1 Å². The van der Waals surface area contributed by atoms with Crippen LogP contribution in [-0.2, 0) is 18.4 Å². The number of halogens is 1. The van der Waals surface area contributed by atoms with Gasteiger partial charge in [-0.3, -0.25) is 19.1 Å². The normalized spacial score (nSPS) is 17.4. The van der Waals surface area contributed by atoms with E-state index in [4.69, 9.17) is 21.7 Å². The monoisotopic (exact) mass is 603 g/mol. The number of pyridine rings is 1. The molecule has 42 heavy (non-hydrogen) atoms. The number of rotatable bonds is 5. The molecule has 2 saturated heterocycles. The van der Waals surface area contributed by atoms with Gasteiger partial charge in [0, 0.05) is 44.5 Å². The highest BCUT2D eigenvalue weighted by atomic mass is 32.2. The molecule has 9 nitrogen and oxygen atoms in total. The average molecular weight is 604 g/mol. The first-order valence-corrected chi connectivity index (χ1v) is 14.5. The molecular weight excluding hydrogens is 577 g/mol. The maximum atomic E-state index is 13.6. The number of ether oxygens (including phenoxy) is 2. The number of nitrogens with zero attached hydrogens (tertiary/aromatic N) is 5. The first-order chi connectivity index (χ1) is 20.2. The van der Waals surface area contributed by atoms with Crippen LogP contribution >= 0.6 is 24.0 Å². The van der Waals surface area contributed by atoms with Crippen LogP contribution in [0.3, 0.4) is 0 Å². The fourth-order valence-corrected chi connectivity index (χ4v) is 6.65. The Morgan fingerprint density at radius 2 is 1.74 bits per heavy atom. The molecule has 1 amide bonds. The smallest absolute Gasteiger partial charge is 0.270 e. The molecule has 2 aromatic carbocycles. The molecule has 3 aliphatic rings. The number of carbonyl (C=O) groups excluding carboxylic acids is 1. The number of aromatic nitrogens is 1. The molecule has 3 aliphatic heterocycles. The quantitative estimate of drug-likeness (QED) is 0.315. The summed E-state index contributed by atoms with van der Waals surface area (Å²) in [7, 11) is 1.65. The Morgan fingerprint density at radius 3 is 2.45 bits per heavy atom. The highest BCUT2D eigenvalue weighted by Gasteiger charge is 2.34. The maximum Gasteiger partial charge on any atom is 0.270 e. The summed E-state index contributed by atoms with van der Waals surface area (Å²) < 4.78 is 26.2. The van der Waals surface area contributed by atoms with Gasteiger partial charge in [-0.1, -0.05) is 30.0 Å². The van der Waals surface area contributed by atoms with Gasteiger partial charge in [-0.2, -0.15) is 5.26 Å². The van der Waals surface area contributed by atoms with E-state index in [0.29, 0.717) is 63.8 Å². The van der Waals surface area contributed by atoms with Crippen LogP contribution in [0.15, 0.2) is 52.2 Å². The Morgan fingerprint density at radius 1 is 1.05 bits per heavy atom. The van der Waals surface area contributed by atoms with Crippen LogP contribution in [-0.4, -0.2) is 52.7 Å². The molecule has 0 aliphatic carbocycles. The second-order valence-electron chi connectivity index (χ2n) is 10.1. The predicted octanol–water partition coefficient (Wildman–Crippen LogP) is 4.16. The Hall–Kier alpha value is -4.34. The first kappa shape index (κ1) is 27.8. The number of thiocarbonyl (C=S) groups is 1. The molecule has 3 aromatic rings. The number of piperazine rings is 1. The van der Waals surface area contributed by atoms with Gasteiger partial charge in [0.25, 0.3) is 11.5 Å². The summed E-state index contributed by atoms with van der Waals surface area (Å²) in [4.78, 5) is 33.0. The van der Waals surface area contributed by atoms with Crippen molar-refractivity contribution in [3.63, 3.8) is 0 Å². The third-order valence-corrected chi connectivity index (χ3v) is 9.04. The highest BCUT2D eigenvalue weighted by Crippen LogP contribution is 2.38. The summed E-state index contributed by atoms with van der Waals surface area (Å²) >= 11 is 6.78. The molecule has 6 rings (SSSR count). The third-order valence-electron chi connectivity index (χ3n) is 7.67. The number of carbonyl (C=O) groups is 1. The molecule has 0 spiro atoms.